The van der Waals surface area contributed by atoms with Gasteiger partial charge in [0.2, 0.25) is 11.5 Å². The second-order valence-corrected chi connectivity index (χ2v) is 5.83. The number of rotatable bonds is 4. The molecule has 0 spiro atoms. The van der Waals surface area contributed by atoms with Gasteiger partial charge in [0.25, 0.3) is 5.91 Å². The molecule has 26 heavy (non-hydrogen) atoms. The Morgan fingerprint density at radius 3 is 2.38 bits per heavy atom. The molecule has 0 unspecified atom stereocenters. The Labute approximate surface area is 147 Å². The lowest BCUT2D eigenvalue weighted by Gasteiger charge is -2.27. The minimum atomic E-state index is -5.15. The maximum atomic E-state index is 13.2. The molecule has 2 aromatic rings. The lowest BCUT2D eigenvalue weighted by Crippen LogP contribution is -2.49. The summed E-state index contributed by atoms with van der Waals surface area (Å²) < 4.78 is 44.2. The van der Waals surface area contributed by atoms with Crippen molar-refractivity contribution in [3.8, 4) is 0 Å². The summed E-state index contributed by atoms with van der Waals surface area (Å²) in [6, 6.07) is 7.03. The highest BCUT2D eigenvalue weighted by Gasteiger charge is 2.58. The fourth-order valence-electron chi connectivity index (χ4n) is 2.38. The third-order valence-electron chi connectivity index (χ3n) is 3.76. The number of alkyl halides is 3. The highest BCUT2D eigenvalue weighted by atomic mass is 19.4. The molecule has 2 rings (SSSR count). The van der Waals surface area contributed by atoms with E-state index in [9.17, 15) is 27.9 Å². The van der Waals surface area contributed by atoms with Gasteiger partial charge in [-0.2, -0.15) is 13.2 Å². The Bertz CT molecular complexity index is 803. The summed E-state index contributed by atoms with van der Waals surface area (Å²) in [5, 5.41) is 9.94. The molecular formula is C17H17F3N2O4. The number of hydrogen-bond acceptors (Lipinski definition) is 4. The number of carbonyl (C=O) groups is 2. The number of hydrazine groups is 1. The van der Waals surface area contributed by atoms with Gasteiger partial charge in [0.1, 0.15) is 5.76 Å². The molecule has 0 radical (unpaired) electrons. The molecule has 0 saturated carbocycles. The van der Waals surface area contributed by atoms with E-state index >= 15 is 0 Å². The van der Waals surface area contributed by atoms with Crippen molar-refractivity contribution in [3.05, 3.63) is 59.0 Å². The number of aliphatic hydroxyl groups is 1. The molecule has 140 valence electrons. The zero-order chi connectivity index (χ0) is 19.5. The molecule has 0 aliphatic carbocycles. The summed E-state index contributed by atoms with van der Waals surface area (Å²) in [5.41, 5.74) is 2.22. The van der Waals surface area contributed by atoms with Crippen LogP contribution >= 0.6 is 0 Å². The van der Waals surface area contributed by atoms with Crippen molar-refractivity contribution in [2.45, 2.75) is 32.0 Å². The fourth-order valence-corrected chi connectivity index (χ4v) is 2.38. The van der Waals surface area contributed by atoms with Gasteiger partial charge < -0.3 is 9.52 Å². The summed E-state index contributed by atoms with van der Waals surface area (Å²) in [6.07, 6.45) is -5.58. The lowest BCUT2D eigenvalue weighted by atomic mass is 9.95. The Morgan fingerprint density at radius 1 is 1.15 bits per heavy atom. The first-order valence-corrected chi connectivity index (χ1v) is 7.54. The predicted molar refractivity (Wildman–Crippen MR) is 84.8 cm³/mol. The predicted octanol–water partition coefficient (Wildman–Crippen LogP) is 2.50. The third kappa shape index (κ3) is 4.05. The first-order chi connectivity index (χ1) is 12.0. The molecule has 0 aliphatic heterocycles. The van der Waals surface area contributed by atoms with Crippen LogP contribution in [-0.2, 0) is 10.4 Å². The van der Waals surface area contributed by atoms with Crippen LogP contribution in [0.5, 0.6) is 0 Å². The van der Waals surface area contributed by atoms with Gasteiger partial charge in [0.15, 0.2) is 0 Å². The van der Waals surface area contributed by atoms with Gasteiger partial charge in [-0.1, -0.05) is 17.7 Å². The molecule has 1 heterocycles. The molecule has 0 bridgehead atoms. The Hall–Kier alpha value is -2.81. The van der Waals surface area contributed by atoms with Gasteiger partial charge in [0.05, 0.1) is 12.7 Å². The zero-order valence-electron chi connectivity index (χ0n) is 14.0. The monoisotopic (exact) mass is 370 g/mol. The molecular weight excluding hydrogens is 353 g/mol. The Balaban J connectivity index is 2.06. The van der Waals surface area contributed by atoms with Crippen LogP contribution < -0.4 is 10.9 Å². The normalized spacial score (nSPS) is 13.8. The van der Waals surface area contributed by atoms with Crippen LogP contribution in [-0.4, -0.2) is 23.1 Å². The SMILES string of the molecule is Cc1ccc(C(=O)NNC(=O)C[C@](O)(c2ccco2)C(F)(F)F)c(C)c1. The van der Waals surface area contributed by atoms with E-state index in [0.29, 0.717) is 5.56 Å². The lowest BCUT2D eigenvalue weighted by molar-refractivity contribution is -0.273. The van der Waals surface area contributed by atoms with E-state index < -0.39 is 35.8 Å². The smallest absolute Gasteiger partial charge is 0.425 e. The van der Waals surface area contributed by atoms with Crippen molar-refractivity contribution in [3.63, 3.8) is 0 Å². The second-order valence-electron chi connectivity index (χ2n) is 5.83. The number of furan rings is 1. The third-order valence-corrected chi connectivity index (χ3v) is 3.76. The second kappa shape index (κ2) is 7.20. The molecule has 2 amide bonds. The van der Waals surface area contributed by atoms with Crippen LogP contribution in [0.1, 0.15) is 33.7 Å². The topological polar surface area (TPSA) is 91.6 Å². The van der Waals surface area contributed by atoms with Crippen molar-refractivity contribution < 1.29 is 32.3 Å². The van der Waals surface area contributed by atoms with E-state index in [-0.39, 0.29) is 5.56 Å². The first kappa shape index (κ1) is 19.5. The van der Waals surface area contributed by atoms with Crippen molar-refractivity contribution in [2.24, 2.45) is 0 Å². The number of aryl methyl sites for hydroxylation is 2. The number of nitrogens with one attached hydrogen (secondary N) is 2. The Morgan fingerprint density at radius 2 is 1.85 bits per heavy atom. The van der Waals surface area contributed by atoms with Crippen molar-refractivity contribution in [1.29, 1.82) is 0 Å². The zero-order valence-corrected chi connectivity index (χ0v) is 14.0. The highest BCUT2D eigenvalue weighted by Crippen LogP contribution is 2.41. The average molecular weight is 370 g/mol. The van der Waals surface area contributed by atoms with Gasteiger partial charge in [-0.3, -0.25) is 20.4 Å². The van der Waals surface area contributed by atoms with Crippen LogP contribution in [0.3, 0.4) is 0 Å². The number of halogens is 3. The van der Waals surface area contributed by atoms with Crippen LogP contribution in [0.4, 0.5) is 13.2 Å². The maximum absolute atomic E-state index is 13.2. The van der Waals surface area contributed by atoms with Crippen LogP contribution in [0.2, 0.25) is 0 Å². The van der Waals surface area contributed by atoms with Crippen LogP contribution in [0.15, 0.2) is 41.0 Å². The molecule has 6 nitrogen and oxygen atoms in total. The molecule has 0 saturated heterocycles. The molecule has 1 atom stereocenters. The fraction of sp³-hybridized carbons (Fsp3) is 0.294. The summed E-state index contributed by atoms with van der Waals surface area (Å²) in [6.45, 7) is 3.52. The molecule has 3 N–H and O–H groups in total. The molecule has 1 aromatic carbocycles. The minimum absolute atomic E-state index is 0.257. The number of benzene rings is 1. The summed E-state index contributed by atoms with van der Waals surface area (Å²) >= 11 is 0. The van der Waals surface area contributed by atoms with Gasteiger partial charge in [-0.25, -0.2) is 0 Å². The van der Waals surface area contributed by atoms with E-state index in [4.69, 9.17) is 0 Å². The summed E-state index contributed by atoms with van der Waals surface area (Å²) in [4.78, 5) is 23.9. The molecule has 0 fully saturated rings. The van der Waals surface area contributed by atoms with Crippen molar-refractivity contribution in [2.75, 3.05) is 0 Å². The quantitative estimate of drug-likeness (QED) is 0.721. The van der Waals surface area contributed by atoms with Crippen molar-refractivity contribution >= 4 is 11.8 Å². The summed E-state index contributed by atoms with van der Waals surface area (Å²) in [7, 11) is 0. The molecule has 0 aliphatic rings. The van der Waals surface area contributed by atoms with Gasteiger partial charge in [-0.15, -0.1) is 0 Å². The van der Waals surface area contributed by atoms with Gasteiger partial charge in [0, 0.05) is 5.56 Å². The van der Waals surface area contributed by atoms with E-state index in [1.807, 2.05) is 17.8 Å². The van der Waals surface area contributed by atoms with E-state index in [1.165, 1.54) is 6.07 Å². The van der Waals surface area contributed by atoms with Gasteiger partial charge >= 0.3 is 6.18 Å². The first-order valence-electron chi connectivity index (χ1n) is 7.54. The average Bonchev–Trinajstić information content (AvgIpc) is 3.06. The van der Waals surface area contributed by atoms with E-state index in [2.05, 4.69) is 4.42 Å². The standard InChI is InChI=1S/C17H17F3N2O4/c1-10-5-6-12(11(2)8-10)15(24)22-21-14(23)9-16(25,17(18,19)20)13-4-3-7-26-13/h3-8,25H,9H2,1-2H3,(H,21,23)(H,22,24)/t16-/m0/s1. The van der Waals surface area contributed by atoms with E-state index in [0.717, 1.165) is 24.0 Å². The molecule has 9 heteroatoms. The summed E-state index contributed by atoms with van der Waals surface area (Å²) in [5.74, 6) is -2.75. The number of hydrogen-bond donors (Lipinski definition) is 3. The van der Waals surface area contributed by atoms with Gasteiger partial charge in [-0.05, 0) is 37.6 Å². The van der Waals surface area contributed by atoms with Crippen LogP contribution in [0, 0.1) is 13.8 Å². The largest absolute Gasteiger partial charge is 0.466 e. The van der Waals surface area contributed by atoms with Crippen LogP contribution in [0.25, 0.3) is 0 Å². The van der Waals surface area contributed by atoms with Crippen molar-refractivity contribution in [1.82, 2.24) is 10.9 Å². The van der Waals surface area contributed by atoms with E-state index in [1.54, 1.807) is 19.1 Å². The maximum Gasteiger partial charge on any atom is 0.425 e. The highest BCUT2D eigenvalue weighted by molar-refractivity contribution is 5.96. The molecule has 1 aromatic heterocycles. The number of amides is 2. The number of carbonyl (C=O) groups excluding carboxylic acids is 2. The Kier molecular flexibility index (Phi) is 5.41. The minimum Gasteiger partial charge on any atom is -0.466 e.